The van der Waals surface area contributed by atoms with Crippen molar-refractivity contribution in [2.24, 2.45) is 11.1 Å². The molecule has 0 aromatic carbocycles. The number of rotatable bonds is 15. The van der Waals surface area contributed by atoms with Gasteiger partial charge in [0.05, 0.1) is 0 Å². The monoisotopic (exact) mass is 359 g/mol. The van der Waals surface area contributed by atoms with Crippen LogP contribution >= 0.6 is 12.4 Å². The van der Waals surface area contributed by atoms with Gasteiger partial charge < -0.3 is 11.1 Å². The summed E-state index contributed by atoms with van der Waals surface area (Å²) in [7, 11) is 0. The molecule has 5 heteroatoms. The fraction of sp³-hybridized carbons (Fsp3) is 0.895. The van der Waals surface area contributed by atoms with Crippen LogP contribution in [0, 0.1) is 10.8 Å². The van der Waals surface area contributed by atoms with Gasteiger partial charge in [0.25, 0.3) is 0 Å². The second kappa shape index (κ2) is 13.5. The van der Waals surface area contributed by atoms with E-state index in [4.69, 9.17) is 11.1 Å². The Morgan fingerprint density at radius 1 is 0.917 bits per heavy atom. The van der Waals surface area contributed by atoms with Crippen LogP contribution in [0.4, 0.5) is 0 Å². The first kappa shape index (κ1) is 23.2. The molecule has 142 valence electrons. The molecule has 0 unspecified atom stereocenters. The summed E-state index contributed by atoms with van der Waals surface area (Å²) in [6.07, 6.45) is 17.4. The molecule has 0 heterocycles. The molecule has 1 rings (SSSR count). The summed E-state index contributed by atoms with van der Waals surface area (Å²) in [6.45, 7) is 2.99. The third-order valence-electron chi connectivity index (χ3n) is 5.02. The predicted octanol–water partition coefficient (Wildman–Crippen LogP) is 4.94. The van der Waals surface area contributed by atoms with E-state index >= 15 is 0 Å². The van der Waals surface area contributed by atoms with E-state index in [0.29, 0.717) is 0 Å². The first-order chi connectivity index (χ1) is 11.1. The van der Waals surface area contributed by atoms with Crippen LogP contribution in [0.3, 0.4) is 0 Å². The average Bonchev–Trinajstić information content (AvgIpc) is 3.33. The minimum absolute atomic E-state index is 0. The fourth-order valence-electron chi connectivity index (χ4n) is 3.08. The molecule has 24 heavy (non-hydrogen) atoms. The van der Waals surface area contributed by atoms with Crippen LogP contribution in [-0.4, -0.2) is 18.3 Å². The van der Waals surface area contributed by atoms with E-state index in [1.54, 1.807) is 0 Å². The van der Waals surface area contributed by atoms with Gasteiger partial charge in [-0.15, -0.1) is 12.4 Å². The third kappa shape index (κ3) is 8.91. The molecule has 4 N–H and O–H groups in total. The minimum atomic E-state index is -0.642. The Hall–Kier alpha value is -0.770. The molecule has 0 saturated heterocycles. The van der Waals surface area contributed by atoms with E-state index < -0.39 is 5.41 Å². The lowest BCUT2D eigenvalue weighted by Gasteiger charge is -2.13. The molecule has 1 aliphatic carbocycles. The highest BCUT2D eigenvalue weighted by atomic mass is 35.5. The van der Waals surface area contributed by atoms with E-state index in [1.807, 2.05) is 0 Å². The Balaban J connectivity index is 0.00000529. The van der Waals surface area contributed by atoms with Crippen molar-refractivity contribution in [3.8, 4) is 0 Å². The molecule has 4 nitrogen and oxygen atoms in total. The molecule has 0 bridgehead atoms. The van der Waals surface area contributed by atoms with Gasteiger partial charge in [-0.1, -0.05) is 77.6 Å². The number of amidine groups is 1. The van der Waals surface area contributed by atoms with E-state index in [9.17, 15) is 4.79 Å². The van der Waals surface area contributed by atoms with Crippen molar-refractivity contribution < 1.29 is 4.79 Å². The summed E-state index contributed by atoms with van der Waals surface area (Å²) in [4.78, 5) is 11.9. The maximum atomic E-state index is 11.9. The Morgan fingerprint density at radius 2 is 1.33 bits per heavy atom. The summed E-state index contributed by atoms with van der Waals surface area (Å²) in [5.74, 6) is -0.00207. The first-order valence-electron chi connectivity index (χ1n) is 9.76. The Labute approximate surface area is 154 Å². The van der Waals surface area contributed by atoms with Gasteiger partial charge in [-0.25, -0.2) is 0 Å². The lowest BCUT2D eigenvalue weighted by Crippen LogP contribution is -2.40. The van der Waals surface area contributed by atoms with Crippen molar-refractivity contribution in [3.63, 3.8) is 0 Å². The Morgan fingerprint density at radius 3 is 1.71 bits per heavy atom. The van der Waals surface area contributed by atoms with Gasteiger partial charge in [-0.2, -0.15) is 0 Å². The highest BCUT2D eigenvalue weighted by Gasteiger charge is 2.52. The molecule has 1 amide bonds. The summed E-state index contributed by atoms with van der Waals surface area (Å²) in [6, 6.07) is 0. The van der Waals surface area contributed by atoms with Crippen molar-refractivity contribution in [3.05, 3.63) is 0 Å². The van der Waals surface area contributed by atoms with Crippen LogP contribution in [0.5, 0.6) is 0 Å². The lowest BCUT2D eigenvalue weighted by molar-refractivity contribution is -0.124. The van der Waals surface area contributed by atoms with Crippen LogP contribution in [0.2, 0.25) is 0 Å². The Bertz CT molecular complexity index is 357. The predicted molar refractivity (Wildman–Crippen MR) is 105 cm³/mol. The molecule has 1 fully saturated rings. The van der Waals surface area contributed by atoms with E-state index in [-0.39, 0.29) is 24.1 Å². The van der Waals surface area contributed by atoms with Crippen molar-refractivity contribution in [2.75, 3.05) is 6.54 Å². The number of hydrogen-bond donors (Lipinski definition) is 3. The number of amides is 1. The minimum Gasteiger partial charge on any atom is -0.387 e. The second-order valence-corrected chi connectivity index (χ2v) is 7.14. The van der Waals surface area contributed by atoms with Gasteiger partial charge in [0, 0.05) is 6.54 Å². The van der Waals surface area contributed by atoms with Gasteiger partial charge in [0.2, 0.25) is 5.91 Å². The molecule has 0 atom stereocenters. The first-order valence-corrected chi connectivity index (χ1v) is 9.76. The molecule has 1 aliphatic rings. The van der Waals surface area contributed by atoms with Gasteiger partial charge in [0.15, 0.2) is 0 Å². The number of carbonyl (C=O) groups excluding carboxylic acids is 1. The molecule has 0 aromatic heterocycles. The zero-order chi connectivity index (χ0) is 17.0. The quantitative estimate of drug-likeness (QED) is 0.220. The molecule has 1 saturated carbocycles. The van der Waals surface area contributed by atoms with Crippen molar-refractivity contribution in [2.45, 2.75) is 96.8 Å². The number of hydrogen-bond acceptors (Lipinski definition) is 2. The SMILES string of the molecule is CCCCCCCCCCCCCCNC(=O)C1(C(=N)N)CC1.Cl. The number of halogens is 1. The normalized spacial score (nSPS) is 14.7. The standard InChI is InChI=1S/C19H37N3O.ClH/c1-2-3-4-5-6-7-8-9-10-11-12-13-16-22-18(23)19(14-15-19)17(20)21;/h2-16H2,1H3,(H3,20,21)(H,22,23);1H. The number of nitrogens with one attached hydrogen (secondary N) is 2. The largest absolute Gasteiger partial charge is 0.387 e. The van der Waals surface area contributed by atoms with Crippen molar-refractivity contribution >= 4 is 24.1 Å². The van der Waals surface area contributed by atoms with Crippen molar-refractivity contribution in [1.82, 2.24) is 5.32 Å². The molecule has 0 spiro atoms. The smallest absolute Gasteiger partial charge is 0.233 e. The summed E-state index contributed by atoms with van der Waals surface area (Å²) in [5, 5.41) is 10.4. The van der Waals surface area contributed by atoms with Crippen LogP contribution in [0.25, 0.3) is 0 Å². The maximum Gasteiger partial charge on any atom is 0.233 e. The summed E-state index contributed by atoms with van der Waals surface area (Å²) in [5.41, 5.74) is 4.86. The molecule has 0 aliphatic heterocycles. The van der Waals surface area contributed by atoms with Gasteiger partial charge in [-0.05, 0) is 19.3 Å². The second-order valence-electron chi connectivity index (χ2n) is 7.14. The summed E-state index contributed by atoms with van der Waals surface area (Å²) >= 11 is 0. The number of nitrogens with two attached hydrogens (primary N) is 1. The number of unbranched alkanes of at least 4 members (excludes halogenated alkanes) is 11. The average molecular weight is 360 g/mol. The molecular weight excluding hydrogens is 322 g/mol. The number of carbonyl (C=O) groups is 1. The fourth-order valence-corrected chi connectivity index (χ4v) is 3.08. The molecule has 0 aromatic rings. The van der Waals surface area contributed by atoms with Crippen molar-refractivity contribution in [1.29, 1.82) is 5.41 Å². The van der Waals surface area contributed by atoms with E-state index in [0.717, 1.165) is 25.8 Å². The lowest BCUT2D eigenvalue weighted by atomic mass is 10.0. The summed E-state index contributed by atoms with van der Waals surface area (Å²) < 4.78 is 0. The topological polar surface area (TPSA) is 79.0 Å². The van der Waals surface area contributed by atoms with Crippen LogP contribution in [-0.2, 0) is 4.79 Å². The zero-order valence-corrected chi connectivity index (χ0v) is 16.3. The maximum absolute atomic E-state index is 11.9. The Kier molecular flexibility index (Phi) is 13.1. The van der Waals surface area contributed by atoms with Gasteiger partial charge in [-0.3, -0.25) is 10.2 Å². The van der Waals surface area contributed by atoms with Crippen LogP contribution in [0.15, 0.2) is 0 Å². The van der Waals surface area contributed by atoms with Gasteiger partial charge in [0.1, 0.15) is 11.3 Å². The molecular formula is C19H38ClN3O. The highest BCUT2D eigenvalue weighted by molar-refractivity contribution is 6.08. The van der Waals surface area contributed by atoms with Gasteiger partial charge >= 0.3 is 0 Å². The highest BCUT2D eigenvalue weighted by Crippen LogP contribution is 2.45. The molecule has 0 radical (unpaired) electrons. The van der Waals surface area contributed by atoms with E-state index in [2.05, 4.69) is 12.2 Å². The van der Waals surface area contributed by atoms with E-state index in [1.165, 1.54) is 70.6 Å². The van der Waals surface area contributed by atoms with Crippen LogP contribution < -0.4 is 11.1 Å². The van der Waals surface area contributed by atoms with Crippen LogP contribution in [0.1, 0.15) is 96.8 Å². The zero-order valence-electron chi connectivity index (χ0n) is 15.5. The third-order valence-corrected chi connectivity index (χ3v) is 5.02.